The topological polar surface area (TPSA) is 77.9 Å². The van der Waals surface area contributed by atoms with Crippen LogP contribution in [-0.4, -0.2) is 25.2 Å². The Hall–Kier alpha value is -3.35. The summed E-state index contributed by atoms with van der Waals surface area (Å²) in [5, 5.41) is 7.35. The van der Waals surface area contributed by atoms with Crippen molar-refractivity contribution in [2.75, 3.05) is 5.32 Å². The molecule has 3 aromatic heterocycles. The maximum Gasteiger partial charge on any atom is 0.292 e. The molecule has 1 amide bonds. The number of amides is 1. The van der Waals surface area contributed by atoms with Crippen molar-refractivity contribution < 1.29 is 9.21 Å². The van der Waals surface area contributed by atoms with Gasteiger partial charge in [-0.15, -0.1) is 0 Å². The zero-order valence-corrected chi connectivity index (χ0v) is 13.9. The van der Waals surface area contributed by atoms with Crippen molar-refractivity contribution >= 4 is 22.8 Å². The first kappa shape index (κ1) is 15.2. The monoisotopic (exact) mass is 335 g/mol. The van der Waals surface area contributed by atoms with Gasteiger partial charge >= 0.3 is 0 Å². The second kappa shape index (κ2) is 5.94. The zero-order valence-electron chi connectivity index (χ0n) is 13.9. The fourth-order valence-corrected chi connectivity index (χ4v) is 2.86. The highest BCUT2D eigenvalue weighted by Gasteiger charge is 2.18. The Balaban J connectivity index is 1.80. The molecule has 0 saturated carbocycles. The number of imidazole rings is 1. The molecule has 126 valence electrons. The largest absolute Gasteiger partial charge is 0.459 e. The molecule has 0 aliphatic rings. The number of benzene rings is 1. The van der Waals surface area contributed by atoms with E-state index in [9.17, 15) is 4.79 Å². The molecule has 25 heavy (non-hydrogen) atoms. The van der Waals surface area contributed by atoms with Gasteiger partial charge in [-0.3, -0.25) is 4.79 Å². The third kappa shape index (κ3) is 2.59. The molecular weight excluding hydrogens is 318 g/mol. The normalized spacial score (nSPS) is 11.1. The van der Waals surface area contributed by atoms with Gasteiger partial charge in [0.15, 0.2) is 5.76 Å². The van der Waals surface area contributed by atoms with Gasteiger partial charge < -0.3 is 14.3 Å². The summed E-state index contributed by atoms with van der Waals surface area (Å²) in [7, 11) is 0. The summed E-state index contributed by atoms with van der Waals surface area (Å²) < 4.78 is 8.86. The Morgan fingerprint density at radius 2 is 2.08 bits per heavy atom. The summed E-state index contributed by atoms with van der Waals surface area (Å²) in [5.41, 5.74) is 2.69. The van der Waals surface area contributed by atoms with Gasteiger partial charge in [-0.05, 0) is 38.1 Å². The van der Waals surface area contributed by atoms with Crippen LogP contribution in [0.3, 0.4) is 0 Å². The molecular formula is C18H17N5O2. The van der Waals surface area contributed by atoms with E-state index in [-0.39, 0.29) is 11.7 Å². The van der Waals surface area contributed by atoms with Crippen molar-refractivity contribution in [1.29, 1.82) is 0 Å². The zero-order chi connectivity index (χ0) is 17.4. The number of aryl methyl sites for hydroxylation is 2. The van der Waals surface area contributed by atoms with E-state index >= 15 is 0 Å². The summed E-state index contributed by atoms with van der Waals surface area (Å²) in [6.07, 6.45) is 1.47. The van der Waals surface area contributed by atoms with Crippen LogP contribution >= 0.6 is 0 Å². The third-order valence-corrected chi connectivity index (χ3v) is 3.96. The highest BCUT2D eigenvalue weighted by atomic mass is 16.3. The summed E-state index contributed by atoms with van der Waals surface area (Å²) in [5.74, 6) is 1.12. The Kier molecular flexibility index (Phi) is 3.61. The first-order chi connectivity index (χ1) is 12.2. The lowest BCUT2D eigenvalue weighted by Gasteiger charge is -2.09. The molecule has 0 aliphatic carbocycles. The van der Waals surface area contributed by atoms with Gasteiger partial charge in [0.05, 0.1) is 23.0 Å². The van der Waals surface area contributed by atoms with Crippen molar-refractivity contribution in [2.45, 2.75) is 20.4 Å². The third-order valence-electron chi connectivity index (χ3n) is 3.96. The molecule has 0 fully saturated rings. The summed E-state index contributed by atoms with van der Waals surface area (Å²) in [6, 6.07) is 13.0. The highest BCUT2D eigenvalue weighted by molar-refractivity contribution is 6.01. The van der Waals surface area contributed by atoms with Crippen LogP contribution in [0.1, 0.15) is 23.2 Å². The molecule has 4 aromatic rings. The van der Waals surface area contributed by atoms with Gasteiger partial charge in [-0.2, -0.15) is 9.78 Å². The molecule has 7 heteroatoms. The average molecular weight is 335 g/mol. The van der Waals surface area contributed by atoms with E-state index in [1.54, 1.807) is 22.9 Å². The molecule has 0 atom stereocenters. The van der Waals surface area contributed by atoms with Crippen molar-refractivity contribution in [3.63, 3.8) is 0 Å². The first-order valence-electron chi connectivity index (χ1n) is 8.04. The molecule has 0 spiro atoms. The molecule has 0 saturated heterocycles. The number of carbonyl (C=O) groups is 1. The molecule has 3 heterocycles. The molecule has 1 N–H and O–H groups in total. The SMILES string of the molecule is CCn1c(-n2nc(C)cc2NC(=O)c2ccco2)nc2ccccc21. The smallest absolute Gasteiger partial charge is 0.292 e. The number of anilines is 1. The number of aromatic nitrogens is 4. The number of hydrogen-bond acceptors (Lipinski definition) is 4. The van der Waals surface area contributed by atoms with Crippen molar-refractivity contribution in [3.05, 3.63) is 60.2 Å². The molecule has 0 unspecified atom stereocenters. The minimum absolute atomic E-state index is 0.245. The van der Waals surface area contributed by atoms with Gasteiger partial charge in [0.2, 0.25) is 5.95 Å². The van der Waals surface area contributed by atoms with Crippen molar-refractivity contribution in [3.8, 4) is 5.95 Å². The number of furan rings is 1. The number of fused-ring (bicyclic) bond motifs is 1. The van der Waals surface area contributed by atoms with Crippen LogP contribution in [0.15, 0.2) is 53.1 Å². The Labute approximate surface area is 143 Å². The fraction of sp³-hybridized carbons (Fsp3) is 0.167. The number of hydrogen-bond donors (Lipinski definition) is 1. The van der Waals surface area contributed by atoms with E-state index in [1.807, 2.05) is 31.2 Å². The van der Waals surface area contributed by atoms with Crippen LogP contribution in [0.5, 0.6) is 0 Å². The molecule has 4 rings (SSSR count). The molecule has 1 aromatic carbocycles. The first-order valence-corrected chi connectivity index (χ1v) is 8.04. The Morgan fingerprint density at radius 1 is 1.24 bits per heavy atom. The lowest BCUT2D eigenvalue weighted by molar-refractivity contribution is 0.0996. The lowest BCUT2D eigenvalue weighted by Crippen LogP contribution is -2.16. The number of rotatable bonds is 4. The van der Waals surface area contributed by atoms with Gasteiger partial charge in [-0.25, -0.2) is 4.98 Å². The Bertz CT molecular complexity index is 1040. The standard InChI is InChI=1S/C18H17N5O2/c1-3-22-14-8-5-4-7-13(14)19-18(22)23-16(11-12(2)21-23)20-17(24)15-9-6-10-25-15/h4-11H,3H2,1-2H3,(H,20,24). The van der Waals surface area contributed by atoms with Crippen LogP contribution < -0.4 is 5.32 Å². The number of carbonyl (C=O) groups excluding carboxylic acids is 1. The van der Waals surface area contributed by atoms with Gasteiger partial charge in [0.25, 0.3) is 5.91 Å². The van der Waals surface area contributed by atoms with Crippen LogP contribution in [0.2, 0.25) is 0 Å². The fourth-order valence-electron chi connectivity index (χ4n) is 2.86. The van der Waals surface area contributed by atoms with Gasteiger partial charge in [-0.1, -0.05) is 12.1 Å². The van der Waals surface area contributed by atoms with E-state index in [0.717, 1.165) is 23.3 Å². The lowest BCUT2D eigenvalue weighted by atomic mass is 10.3. The number of nitrogens with one attached hydrogen (secondary N) is 1. The minimum atomic E-state index is -0.328. The second-order valence-corrected chi connectivity index (χ2v) is 5.66. The molecule has 7 nitrogen and oxygen atoms in total. The maximum atomic E-state index is 12.3. The van der Waals surface area contributed by atoms with Crippen molar-refractivity contribution in [2.24, 2.45) is 0 Å². The number of nitrogens with zero attached hydrogens (tertiary/aromatic N) is 4. The Morgan fingerprint density at radius 3 is 2.84 bits per heavy atom. The maximum absolute atomic E-state index is 12.3. The second-order valence-electron chi connectivity index (χ2n) is 5.66. The van der Waals surface area contributed by atoms with E-state index in [0.29, 0.717) is 11.8 Å². The summed E-state index contributed by atoms with van der Waals surface area (Å²) in [6.45, 7) is 4.66. The number of para-hydroxylation sites is 2. The van der Waals surface area contributed by atoms with E-state index in [4.69, 9.17) is 4.42 Å². The van der Waals surface area contributed by atoms with E-state index in [2.05, 4.69) is 26.9 Å². The molecule has 0 aliphatic heterocycles. The van der Waals surface area contributed by atoms with E-state index in [1.165, 1.54) is 6.26 Å². The highest BCUT2D eigenvalue weighted by Crippen LogP contribution is 2.22. The molecule has 0 radical (unpaired) electrons. The van der Waals surface area contributed by atoms with Gasteiger partial charge in [0.1, 0.15) is 5.82 Å². The van der Waals surface area contributed by atoms with Crippen LogP contribution in [0.25, 0.3) is 17.0 Å². The van der Waals surface area contributed by atoms with Crippen LogP contribution in [0.4, 0.5) is 5.82 Å². The quantitative estimate of drug-likeness (QED) is 0.620. The molecule has 0 bridgehead atoms. The van der Waals surface area contributed by atoms with Crippen molar-refractivity contribution in [1.82, 2.24) is 19.3 Å². The van der Waals surface area contributed by atoms with Gasteiger partial charge in [0, 0.05) is 12.6 Å². The minimum Gasteiger partial charge on any atom is -0.459 e. The van der Waals surface area contributed by atoms with Crippen LogP contribution in [-0.2, 0) is 6.54 Å². The predicted octanol–water partition coefficient (Wildman–Crippen LogP) is 3.40. The van der Waals surface area contributed by atoms with E-state index < -0.39 is 0 Å². The summed E-state index contributed by atoms with van der Waals surface area (Å²) in [4.78, 5) is 17.0. The average Bonchev–Trinajstić information content (AvgIpc) is 3.32. The van der Waals surface area contributed by atoms with Crippen LogP contribution in [0, 0.1) is 6.92 Å². The predicted molar refractivity (Wildman–Crippen MR) is 93.9 cm³/mol. The summed E-state index contributed by atoms with van der Waals surface area (Å²) >= 11 is 0.